The molecule has 2 nitrogen and oxygen atoms in total. The minimum absolute atomic E-state index is 0.293. The zero-order valence-corrected chi connectivity index (χ0v) is 13.7. The molecule has 0 bridgehead atoms. The molecule has 5 aliphatic rings. The summed E-state index contributed by atoms with van der Waals surface area (Å²) in [7, 11) is 0. The Hall–Kier alpha value is -0.630. The first kappa shape index (κ1) is 13.8. The lowest BCUT2D eigenvalue weighted by atomic mass is 9.50. The number of aliphatic hydroxyl groups excluding tert-OH is 1. The topological polar surface area (TPSA) is 37.3 Å². The number of fused-ring (bicyclic) bond motifs is 7. The van der Waals surface area contributed by atoms with Crippen LogP contribution < -0.4 is 0 Å². The molecule has 7 atom stereocenters. The fourth-order valence-corrected chi connectivity index (χ4v) is 7.62. The molecule has 2 heteroatoms. The smallest absolute Gasteiger partial charge is 0.155 e. The highest BCUT2D eigenvalue weighted by atomic mass is 16.3. The molecule has 0 aromatic carbocycles. The molecule has 0 aromatic rings. The van der Waals surface area contributed by atoms with Gasteiger partial charge >= 0.3 is 0 Å². The molecule has 5 aliphatic carbocycles. The van der Waals surface area contributed by atoms with Crippen LogP contribution in [0.25, 0.3) is 0 Å². The Balaban J connectivity index is 1.47. The summed E-state index contributed by atoms with van der Waals surface area (Å²) in [6.45, 7) is 2.93. The summed E-state index contributed by atoms with van der Waals surface area (Å²) in [4.78, 5) is 11.7. The Kier molecular flexibility index (Phi) is 2.67. The second-order valence-electron chi connectivity index (χ2n) is 9.21. The van der Waals surface area contributed by atoms with Crippen molar-refractivity contribution in [2.24, 2.45) is 40.4 Å². The summed E-state index contributed by atoms with van der Waals surface area (Å²) in [5.74, 6) is 4.44. The number of aliphatic hydroxyl groups is 1. The van der Waals surface area contributed by atoms with Crippen molar-refractivity contribution in [1.82, 2.24) is 0 Å². The lowest BCUT2D eigenvalue weighted by molar-refractivity contribution is -0.116. The van der Waals surface area contributed by atoms with Gasteiger partial charge in [-0.2, -0.15) is 0 Å². The Morgan fingerprint density at radius 1 is 1.23 bits per heavy atom. The molecule has 0 aliphatic heterocycles. The lowest BCUT2D eigenvalue weighted by Crippen LogP contribution is -2.48. The molecule has 0 heterocycles. The van der Waals surface area contributed by atoms with Gasteiger partial charge in [-0.1, -0.05) is 12.5 Å². The second kappa shape index (κ2) is 4.26. The van der Waals surface area contributed by atoms with Crippen LogP contribution in [0, 0.1) is 40.4 Å². The van der Waals surface area contributed by atoms with Crippen LogP contribution in [0.3, 0.4) is 0 Å². The van der Waals surface area contributed by atoms with Gasteiger partial charge in [0, 0.05) is 18.4 Å². The van der Waals surface area contributed by atoms with E-state index in [2.05, 4.69) is 6.92 Å². The molecule has 1 N–H and O–H groups in total. The number of hydrogen-bond donors (Lipinski definition) is 1. The van der Waals surface area contributed by atoms with Gasteiger partial charge in [-0.15, -0.1) is 0 Å². The van der Waals surface area contributed by atoms with Crippen LogP contribution in [-0.2, 0) is 4.79 Å². The van der Waals surface area contributed by atoms with Crippen LogP contribution in [0.15, 0.2) is 11.6 Å². The number of carbonyl (C=O) groups is 1. The highest BCUT2D eigenvalue weighted by Gasteiger charge is 2.73. The fraction of sp³-hybridized carbons (Fsp3) is 0.850. The molecule has 120 valence electrons. The Morgan fingerprint density at radius 2 is 2.09 bits per heavy atom. The van der Waals surface area contributed by atoms with Crippen molar-refractivity contribution in [3.63, 3.8) is 0 Å². The predicted octanol–water partition coefficient (Wildman–Crippen LogP) is 3.74. The van der Waals surface area contributed by atoms with Gasteiger partial charge in [0.25, 0.3) is 0 Å². The van der Waals surface area contributed by atoms with Gasteiger partial charge in [0.2, 0.25) is 0 Å². The van der Waals surface area contributed by atoms with E-state index in [-0.39, 0.29) is 0 Å². The van der Waals surface area contributed by atoms with Gasteiger partial charge in [0.1, 0.15) is 0 Å². The molecule has 0 unspecified atom stereocenters. The molecule has 4 fully saturated rings. The molecule has 0 spiro atoms. The molecular formula is C20H28O2. The highest BCUT2D eigenvalue weighted by molar-refractivity contribution is 5.91. The van der Waals surface area contributed by atoms with Crippen molar-refractivity contribution >= 4 is 5.78 Å². The van der Waals surface area contributed by atoms with Crippen molar-refractivity contribution in [3.05, 3.63) is 11.6 Å². The lowest BCUT2D eigenvalue weighted by Gasteiger charge is -2.55. The summed E-state index contributed by atoms with van der Waals surface area (Å²) in [6, 6.07) is 0. The number of carbonyl (C=O) groups excluding carboxylic acids is 1. The van der Waals surface area contributed by atoms with Crippen molar-refractivity contribution in [3.8, 4) is 0 Å². The summed E-state index contributed by atoms with van der Waals surface area (Å²) in [6.07, 6.45) is 11.7. The first-order valence-electron chi connectivity index (χ1n) is 9.43. The fourth-order valence-electron chi connectivity index (χ4n) is 7.62. The number of hydrogen-bond acceptors (Lipinski definition) is 2. The van der Waals surface area contributed by atoms with Crippen LogP contribution in [0.1, 0.15) is 58.3 Å². The first-order valence-corrected chi connectivity index (χ1v) is 9.43. The van der Waals surface area contributed by atoms with E-state index >= 15 is 0 Å². The van der Waals surface area contributed by atoms with Crippen LogP contribution >= 0.6 is 0 Å². The monoisotopic (exact) mass is 300 g/mol. The van der Waals surface area contributed by atoms with Crippen molar-refractivity contribution in [2.75, 3.05) is 6.61 Å². The van der Waals surface area contributed by atoms with Gasteiger partial charge in [0.15, 0.2) is 5.78 Å². The zero-order valence-electron chi connectivity index (χ0n) is 13.7. The van der Waals surface area contributed by atoms with Gasteiger partial charge in [0.05, 0.1) is 0 Å². The Bertz CT molecular complexity index is 560. The minimum atomic E-state index is 0.293. The van der Waals surface area contributed by atoms with Crippen LogP contribution in [0.4, 0.5) is 0 Å². The summed E-state index contributed by atoms with van der Waals surface area (Å²) in [5.41, 5.74) is 2.18. The van der Waals surface area contributed by atoms with E-state index in [4.69, 9.17) is 0 Å². The van der Waals surface area contributed by atoms with Crippen LogP contribution in [0.2, 0.25) is 0 Å². The van der Waals surface area contributed by atoms with Gasteiger partial charge in [-0.25, -0.2) is 0 Å². The van der Waals surface area contributed by atoms with Crippen LogP contribution in [0.5, 0.6) is 0 Å². The van der Waals surface area contributed by atoms with Crippen molar-refractivity contribution < 1.29 is 9.90 Å². The van der Waals surface area contributed by atoms with E-state index in [0.717, 1.165) is 36.5 Å². The normalized spacial score (nSPS) is 55.6. The van der Waals surface area contributed by atoms with Gasteiger partial charge in [-0.05, 0) is 86.0 Å². The summed E-state index contributed by atoms with van der Waals surface area (Å²) < 4.78 is 0. The molecular weight excluding hydrogens is 272 g/mol. The quantitative estimate of drug-likeness (QED) is 0.801. The number of ketones is 1. The maximum Gasteiger partial charge on any atom is 0.155 e. The molecule has 0 saturated heterocycles. The molecule has 22 heavy (non-hydrogen) atoms. The predicted molar refractivity (Wildman–Crippen MR) is 85.1 cm³/mol. The van der Waals surface area contributed by atoms with Gasteiger partial charge < -0.3 is 5.11 Å². The third-order valence-electron chi connectivity index (χ3n) is 8.88. The highest BCUT2D eigenvalue weighted by Crippen LogP contribution is 2.79. The van der Waals surface area contributed by atoms with Crippen LogP contribution in [-0.4, -0.2) is 17.5 Å². The third kappa shape index (κ3) is 1.48. The zero-order chi connectivity index (χ0) is 15.1. The third-order valence-corrected chi connectivity index (χ3v) is 8.88. The SMILES string of the molecule is C[C@]12CC[C@H]3[C@@H](CCC4=CC(=O)CC[C@@H]43)[C@H]1C[C@@H]1C[C@@]12CO. The first-order chi connectivity index (χ1) is 10.6. The van der Waals surface area contributed by atoms with Crippen molar-refractivity contribution in [1.29, 1.82) is 0 Å². The minimum Gasteiger partial charge on any atom is -0.396 e. The largest absolute Gasteiger partial charge is 0.396 e. The number of rotatable bonds is 1. The maximum atomic E-state index is 11.7. The Morgan fingerprint density at radius 3 is 2.91 bits per heavy atom. The standard InChI is InChI=1S/C20H28O2/c1-19-7-6-16-15-5-3-14(22)8-12(15)2-4-17(16)18(19)9-13-10-20(13,19)11-21/h8,13,15-18,21H,2-7,9-11H2,1H3/t13-,15+,16-,17-,18-,19+,20-/m1/s1. The van der Waals surface area contributed by atoms with E-state index in [1.54, 1.807) is 0 Å². The van der Waals surface area contributed by atoms with E-state index in [9.17, 15) is 9.90 Å². The molecule has 4 saturated carbocycles. The van der Waals surface area contributed by atoms with E-state index in [0.29, 0.717) is 29.1 Å². The maximum absolute atomic E-state index is 11.7. The molecule has 0 amide bonds. The molecule has 0 aromatic heterocycles. The molecule has 5 rings (SSSR count). The van der Waals surface area contributed by atoms with E-state index in [1.807, 2.05) is 6.08 Å². The van der Waals surface area contributed by atoms with E-state index < -0.39 is 0 Å². The summed E-state index contributed by atoms with van der Waals surface area (Å²) >= 11 is 0. The number of allylic oxidation sites excluding steroid dienone is 1. The summed E-state index contributed by atoms with van der Waals surface area (Å²) in [5, 5.41) is 10.0. The second-order valence-corrected chi connectivity index (χ2v) is 9.21. The van der Waals surface area contributed by atoms with Crippen molar-refractivity contribution in [2.45, 2.75) is 58.3 Å². The van der Waals surface area contributed by atoms with Gasteiger partial charge in [-0.3, -0.25) is 4.79 Å². The average Bonchev–Trinajstić information content (AvgIpc) is 3.18. The Labute approximate surface area is 133 Å². The average molecular weight is 300 g/mol. The molecule has 0 radical (unpaired) electrons. The van der Waals surface area contributed by atoms with E-state index in [1.165, 1.54) is 44.1 Å².